The summed E-state index contributed by atoms with van der Waals surface area (Å²) in [6, 6.07) is 14.0. The molecule has 3 aromatic rings. The second-order valence-corrected chi connectivity index (χ2v) is 8.80. The molecule has 0 saturated heterocycles. The summed E-state index contributed by atoms with van der Waals surface area (Å²) in [6.45, 7) is 3.45. The van der Waals surface area contributed by atoms with Gasteiger partial charge in [-0.15, -0.1) is 11.8 Å². The van der Waals surface area contributed by atoms with Crippen LogP contribution in [0.15, 0.2) is 51.8 Å². The lowest BCUT2D eigenvalue weighted by Crippen LogP contribution is -2.27. The van der Waals surface area contributed by atoms with Crippen LogP contribution in [-0.4, -0.2) is 22.8 Å². The number of aromatic nitrogens is 1. The zero-order chi connectivity index (χ0) is 18.3. The van der Waals surface area contributed by atoms with Gasteiger partial charge in [0.1, 0.15) is 11.4 Å². The molecule has 1 aliphatic heterocycles. The third kappa shape index (κ3) is 3.12. The fraction of sp³-hybridized carbons (Fsp3) is 0.250. The van der Waals surface area contributed by atoms with Crippen LogP contribution in [0.5, 0.6) is 5.75 Å². The van der Waals surface area contributed by atoms with Crippen molar-refractivity contribution in [3.05, 3.63) is 58.2 Å². The van der Waals surface area contributed by atoms with Crippen LogP contribution in [0.25, 0.3) is 10.9 Å². The number of methoxy groups -OCH3 is 1. The first-order chi connectivity index (χ1) is 12.6. The van der Waals surface area contributed by atoms with Gasteiger partial charge in [-0.2, -0.15) is 0 Å². The van der Waals surface area contributed by atoms with Crippen LogP contribution in [0.4, 0.5) is 0 Å². The number of carbonyl (C=O) groups is 1. The van der Waals surface area contributed by atoms with Crippen LogP contribution in [0.3, 0.4) is 0 Å². The Morgan fingerprint density at radius 3 is 3.00 bits per heavy atom. The van der Waals surface area contributed by atoms with Crippen molar-refractivity contribution in [2.75, 3.05) is 7.11 Å². The van der Waals surface area contributed by atoms with E-state index < -0.39 is 0 Å². The Morgan fingerprint density at radius 1 is 1.35 bits per heavy atom. The highest BCUT2D eigenvalue weighted by Crippen LogP contribution is 2.38. The van der Waals surface area contributed by atoms with Crippen LogP contribution in [0.1, 0.15) is 23.0 Å². The van der Waals surface area contributed by atoms with Gasteiger partial charge in [-0.3, -0.25) is 4.79 Å². The Balaban J connectivity index is 1.63. The Morgan fingerprint density at radius 2 is 2.19 bits per heavy atom. The van der Waals surface area contributed by atoms with Gasteiger partial charge in [0.2, 0.25) is 0 Å². The first-order valence-corrected chi connectivity index (χ1v) is 10.1. The fourth-order valence-corrected chi connectivity index (χ4v) is 4.99. The number of benzene rings is 2. The van der Waals surface area contributed by atoms with Gasteiger partial charge >= 0.3 is 0 Å². The van der Waals surface area contributed by atoms with Crippen molar-refractivity contribution in [3.8, 4) is 5.75 Å². The van der Waals surface area contributed by atoms with Crippen LogP contribution >= 0.6 is 27.7 Å². The summed E-state index contributed by atoms with van der Waals surface area (Å²) >= 11 is 5.34. The highest BCUT2D eigenvalue weighted by atomic mass is 79.9. The zero-order valence-electron chi connectivity index (χ0n) is 14.6. The molecule has 6 heteroatoms. The quantitative estimate of drug-likeness (QED) is 0.643. The third-order valence-corrected chi connectivity index (χ3v) is 6.19. The standard InChI is InChI=1S/C20H19BrN2O2S/c1-12-11-23-16(9-13-4-3-5-18(26-12)19(13)23)20(24)22-10-14-8-15(21)6-7-17(14)25-2/h3-9,12H,10-11H2,1-2H3,(H,22,24)/t12-/m1/s1. The summed E-state index contributed by atoms with van der Waals surface area (Å²) in [7, 11) is 1.64. The molecule has 0 fully saturated rings. The summed E-state index contributed by atoms with van der Waals surface area (Å²) in [5.74, 6) is 0.704. The van der Waals surface area contributed by atoms with Gasteiger partial charge in [0.15, 0.2) is 0 Å². The van der Waals surface area contributed by atoms with E-state index in [0.717, 1.165) is 27.7 Å². The first-order valence-electron chi connectivity index (χ1n) is 8.46. The summed E-state index contributed by atoms with van der Waals surface area (Å²) < 4.78 is 8.50. The van der Waals surface area contributed by atoms with Gasteiger partial charge in [0, 0.05) is 38.7 Å². The SMILES string of the molecule is COc1ccc(Br)cc1CNC(=O)c1cc2cccc3c2n1C[C@@H](C)S3. The molecule has 1 N–H and O–H groups in total. The Labute approximate surface area is 165 Å². The Kier molecular flexibility index (Phi) is 4.71. The molecule has 2 heterocycles. The second-order valence-electron chi connectivity index (χ2n) is 6.40. The number of nitrogens with zero attached hydrogens (tertiary/aromatic N) is 1. The van der Waals surface area contributed by atoms with Gasteiger partial charge < -0.3 is 14.6 Å². The van der Waals surface area contributed by atoms with Crippen molar-refractivity contribution in [2.24, 2.45) is 0 Å². The highest BCUT2D eigenvalue weighted by Gasteiger charge is 2.24. The molecule has 4 rings (SSSR count). The average Bonchev–Trinajstić information content (AvgIpc) is 3.00. The second kappa shape index (κ2) is 7.00. The summed E-state index contributed by atoms with van der Waals surface area (Å²) in [5.41, 5.74) is 2.82. The minimum Gasteiger partial charge on any atom is -0.496 e. The minimum absolute atomic E-state index is 0.0618. The van der Waals surface area contributed by atoms with E-state index in [1.165, 1.54) is 10.4 Å². The van der Waals surface area contributed by atoms with Crippen molar-refractivity contribution in [2.45, 2.75) is 30.2 Å². The monoisotopic (exact) mass is 430 g/mol. The maximum Gasteiger partial charge on any atom is 0.268 e. The van der Waals surface area contributed by atoms with Crippen molar-refractivity contribution < 1.29 is 9.53 Å². The van der Waals surface area contributed by atoms with Crippen molar-refractivity contribution >= 4 is 44.5 Å². The van der Waals surface area contributed by atoms with E-state index in [2.05, 4.69) is 50.9 Å². The van der Waals surface area contributed by atoms with Crippen LogP contribution in [0, 0.1) is 0 Å². The molecule has 26 heavy (non-hydrogen) atoms. The van der Waals surface area contributed by atoms with Crippen molar-refractivity contribution in [1.82, 2.24) is 9.88 Å². The maximum atomic E-state index is 12.9. The van der Waals surface area contributed by atoms with Gasteiger partial charge in [0.25, 0.3) is 5.91 Å². The first kappa shape index (κ1) is 17.5. The zero-order valence-corrected chi connectivity index (χ0v) is 17.0. The molecular weight excluding hydrogens is 412 g/mol. The molecule has 4 nitrogen and oxygen atoms in total. The van der Waals surface area contributed by atoms with Crippen LogP contribution in [-0.2, 0) is 13.1 Å². The topological polar surface area (TPSA) is 43.3 Å². The van der Waals surface area contributed by atoms with E-state index in [0.29, 0.717) is 17.5 Å². The van der Waals surface area contributed by atoms with Crippen molar-refractivity contribution in [3.63, 3.8) is 0 Å². The predicted octanol–water partition coefficient (Wildman–Crippen LogP) is 4.84. The van der Waals surface area contributed by atoms with Gasteiger partial charge in [-0.25, -0.2) is 0 Å². The lowest BCUT2D eigenvalue weighted by molar-refractivity contribution is 0.0941. The molecule has 0 bridgehead atoms. The molecule has 0 saturated carbocycles. The van der Waals surface area contributed by atoms with Gasteiger partial charge in [-0.1, -0.05) is 35.0 Å². The number of para-hydroxylation sites is 1. The van der Waals surface area contributed by atoms with Gasteiger partial charge in [-0.05, 0) is 30.3 Å². The molecule has 134 valence electrons. The minimum atomic E-state index is -0.0618. The molecule has 0 spiro atoms. The lowest BCUT2D eigenvalue weighted by Gasteiger charge is -2.22. The summed E-state index contributed by atoms with van der Waals surface area (Å²) in [4.78, 5) is 14.1. The third-order valence-electron chi connectivity index (χ3n) is 4.57. The van der Waals surface area contributed by atoms with E-state index in [4.69, 9.17) is 4.74 Å². The van der Waals surface area contributed by atoms with Crippen molar-refractivity contribution in [1.29, 1.82) is 0 Å². The highest BCUT2D eigenvalue weighted by molar-refractivity contribution is 9.10. The molecular formula is C20H19BrN2O2S. The summed E-state index contributed by atoms with van der Waals surface area (Å²) in [5, 5.41) is 4.60. The number of carbonyl (C=O) groups excluding carboxylic acids is 1. The lowest BCUT2D eigenvalue weighted by atomic mass is 10.2. The number of hydrogen-bond acceptors (Lipinski definition) is 3. The van der Waals surface area contributed by atoms with E-state index in [1.54, 1.807) is 7.11 Å². The van der Waals surface area contributed by atoms with E-state index in [1.807, 2.05) is 36.0 Å². The normalized spacial score (nSPS) is 15.9. The molecule has 1 aromatic heterocycles. The molecule has 0 aliphatic carbocycles. The van der Waals surface area contributed by atoms with Gasteiger partial charge in [0.05, 0.1) is 12.6 Å². The number of halogens is 1. The largest absolute Gasteiger partial charge is 0.496 e. The number of nitrogens with one attached hydrogen (secondary N) is 1. The molecule has 1 atom stereocenters. The maximum absolute atomic E-state index is 12.9. The van der Waals surface area contributed by atoms with E-state index >= 15 is 0 Å². The Hall–Kier alpha value is -1.92. The number of amides is 1. The summed E-state index contributed by atoms with van der Waals surface area (Å²) in [6.07, 6.45) is 0. The molecule has 2 aromatic carbocycles. The molecule has 1 amide bonds. The smallest absolute Gasteiger partial charge is 0.268 e. The number of ether oxygens (including phenoxy) is 1. The molecule has 0 unspecified atom stereocenters. The van der Waals surface area contributed by atoms with E-state index in [-0.39, 0.29) is 5.91 Å². The number of hydrogen-bond donors (Lipinski definition) is 1. The molecule has 0 radical (unpaired) electrons. The molecule has 1 aliphatic rings. The average molecular weight is 431 g/mol. The number of thioether (sulfide) groups is 1. The Bertz CT molecular complexity index is 999. The fourth-order valence-electron chi connectivity index (χ4n) is 3.43. The van der Waals surface area contributed by atoms with E-state index in [9.17, 15) is 4.79 Å². The van der Waals surface area contributed by atoms with Crippen LogP contribution < -0.4 is 10.1 Å². The predicted molar refractivity (Wildman–Crippen MR) is 109 cm³/mol. The van der Waals surface area contributed by atoms with Crippen LogP contribution in [0.2, 0.25) is 0 Å². The number of rotatable bonds is 4.